The topological polar surface area (TPSA) is 64.8 Å². The van der Waals surface area contributed by atoms with Crippen LogP contribution in [0.4, 0.5) is 0 Å². The zero-order chi connectivity index (χ0) is 18.4. The number of rotatable bonds is 7. The van der Waals surface area contributed by atoms with Crippen LogP contribution in [0.25, 0.3) is 0 Å². The Balaban J connectivity index is 1.87. The monoisotopic (exact) mass is 354 g/mol. The van der Waals surface area contributed by atoms with E-state index in [1.54, 1.807) is 0 Å². The second-order valence-corrected chi connectivity index (χ2v) is 6.69. The predicted octanol–water partition coefficient (Wildman–Crippen LogP) is 2.36. The Hall–Kier alpha value is -2.21. The van der Waals surface area contributed by atoms with Gasteiger partial charge in [-0.1, -0.05) is 60.7 Å². The van der Waals surface area contributed by atoms with Crippen LogP contribution in [0.2, 0.25) is 0 Å². The van der Waals surface area contributed by atoms with E-state index < -0.39 is 11.6 Å². The molecule has 1 heterocycles. The van der Waals surface area contributed by atoms with Crippen molar-refractivity contribution in [2.24, 2.45) is 11.7 Å². The third-order valence-electron chi connectivity index (χ3n) is 4.92. The Morgan fingerprint density at radius 2 is 1.73 bits per heavy atom. The van der Waals surface area contributed by atoms with Crippen molar-refractivity contribution in [3.05, 3.63) is 71.8 Å². The molecule has 5 heteroatoms. The van der Waals surface area contributed by atoms with Crippen LogP contribution >= 0.6 is 0 Å². The Labute approximate surface area is 154 Å². The number of nitrogens with two attached hydrogens (primary N) is 1. The lowest BCUT2D eigenvalue weighted by Crippen LogP contribution is -2.41. The highest BCUT2D eigenvalue weighted by atomic mass is 16.5. The summed E-state index contributed by atoms with van der Waals surface area (Å²) in [6.07, 6.45) is 0.943. The van der Waals surface area contributed by atoms with Gasteiger partial charge in [0.2, 0.25) is 0 Å². The molecule has 0 radical (unpaired) electrons. The van der Waals surface area contributed by atoms with Crippen LogP contribution in [0.3, 0.4) is 0 Å². The minimum Gasteiger partial charge on any atom is -0.449 e. The van der Waals surface area contributed by atoms with E-state index in [2.05, 4.69) is 24.3 Å². The fourth-order valence-corrected chi connectivity index (χ4v) is 3.75. The second-order valence-electron chi connectivity index (χ2n) is 6.69. The summed E-state index contributed by atoms with van der Waals surface area (Å²) in [6.45, 7) is 1.58. The molecule has 0 spiro atoms. The first-order chi connectivity index (χ1) is 12.7. The van der Waals surface area contributed by atoms with Gasteiger partial charge in [-0.15, -0.1) is 0 Å². The molecule has 3 rings (SSSR count). The number of nitrogens with zero attached hydrogens (tertiary/aromatic N) is 1. The van der Waals surface area contributed by atoms with Crippen LogP contribution < -0.4 is 5.73 Å². The normalized spacial score (nSPS) is 18.8. The van der Waals surface area contributed by atoms with E-state index >= 15 is 0 Å². The molecular formula is C21H26N2O3. The Morgan fingerprint density at radius 3 is 2.27 bits per heavy atom. The molecule has 0 saturated carbocycles. The summed E-state index contributed by atoms with van der Waals surface area (Å²) in [7, 11) is 1.95. The lowest BCUT2D eigenvalue weighted by atomic mass is 9.76. The molecule has 2 N–H and O–H groups in total. The first-order valence-electron chi connectivity index (χ1n) is 8.96. The first-order valence-corrected chi connectivity index (χ1v) is 8.96. The molecule has 5 nitrogen and oxygen atoms in total. The quantitative estimate of drug-likeness (QED) is 0.611. The minimum atomic E-state index is -0.491. The molecule has 26 heavy (non-hydrogen) atoms. The van der Waals surface area contributed by atoms with Gasteiger partial charge in [0.25, 0.3) is 0 Å². The number of esters is 1. The molecule has 0 aromatic heterocycles. The van der Waals surface area contributed by atoms with Crippen LogP contribution in [0.5, 0.6) is 0 Å². The number of hydrogen-bond acceptors (Lipinski definition) is 5. The van der Waals surface area contributed by atoms with Crippen molar-refractivity contribution < 1.29 is 14.3 Å². The summed E-state index contributed by atoms with van der Waals surface area (Å²) < 4.78 is 11.6. The number of carbonyl (C=O) groups is 1. The molecule has 1 aliphatic rings. The smallest absolute Gasteiger partial charge is 0.321 e. The van der Waals surface area contributed by atoms with E-state index in [4.69, 9.17) is 15.2 Å². The largest absolute Gasteiger partial charge is 0.449 e. The van der Waals surface area contributed by atoms with Crippen LogP contribution in [0.15, 0.2) is 60.7 Å². The van der Waals surface area contributed by atoms with E-state index in [-0.39, 0.29) is 19.2 Å². The highest BCUT2D eigenvalue weighted by Gasteiger charge is 2.47. The van der Waals surface area contributed by atoms with Crippen molar-refractivity contribution in [3.8, 4) is 0 Å². The van der Waals surface area contributed by atoms with Crippen LogP contribution in [-0.4, -0.2) is 44.3 Å². The SMILES string of the molecule is CN(COC(=O)CN)CC1CCOC1(c1ccccc1)c1ccccc1. The Bertz CT molecular complexity index is 666. The second kappa shape index (κ2) is 8.45. The fraction of sp³-hybridized carbons (Fsp3) is 0.381. The summed E-state index contributed by atoms with van der Waals surface area (Å²) in [6, 6.07) is 20.7. The maximum Gasteiger partial charge on any atom is 0.321 e. The molecular weight excluding hydrogens is 328 g/mol. The summed E-state index contributed by atoms with van der Waals surface area (Å²) in [5.74, 6) is -0.147. The first kappa shape index (κ1) is 18.6. The molecule has 2 aromatic rings. The van der Waals surface area contributed by atoms with E-state index in [1.807, 2.05) is 48.3 Å². The number of benzene rings is 2. The maximum atomic E-state index is 11.3. The van der Waals surface area contributed by atoms with Gasteiger partial charge in [-0.2, -0.15) is 0 Å². The molecule has 0 bridgehead atoms. The van der Waals surface area contributed by atoms with Crippen LogP contribution in [0, 0.1) is 5.92 Å². The van der Waals surface area contributed by atoms with Crippen molar-refractivity contribution in [2.45, 2.75) is 12.0 Å². The molecule has 1 aliphatic heterocycles. The number of carbonyl (C=O) groups excluding carboxylic acids is 1. The van der Waals surface area contributed by atoms with Crippen molar-refractivity contribution in [3.63, 3.8) is 0 Å². The lowest BCUT2D eigenvalue weighted by molar-refractivity contribution is -0.146. The van der Waals surface area contributed by atoms with Gasteiger partial charge >= 0.3 is 5.97 Å². The minimum absolute atomic E-state index is 0.0989. The third kappa shape index (κ3) is 3.80. The molecule has 1 unspecified atom stereocenters. The Kier molecular flexibility index (Phi) is 6.04. The molecule has 2 aromatic carbocycles. The van der Waals surface area contributed by atoms with Gasteiger partial charge in [-0.05, 0) is 24.6 Å². The van der Waals surface area contributed by atoms with Gasteiger partial charge in [-0.3, -0.25) is 9.69 Å². The van der Waals surface area contributed by atoms with E-state index in [0.29, 0.717) is 6.61 Å². The maximum absolute atomic E-state index is 11.3. The van der Waals surface area contributed by atoms with Crippen molar-refractivity contribution >= 4 is 5.97 Å². The predicted molar refractivity (Wildman–Crippen MR) is 100 cm³/mol. The average Bonchev–Trinajstić information content (AvgIpc) is 3.11. The number of hydrogen-bond donors (Lipinski definition) is 1. The summed E-state index contributed by atoms with van der Waals surface area (Å²) >= 11 is 0. The van der Waals surface area contributed by atoms with E-state index in [9.17, 15) is 4.79 Å². The molecule has 0 aliphatic carbocycles. The highest BCUT2D eigenvalue weighted by Crippen LogP contribution is 2.46. The van der Waals surface area contributed by atoms with E-state index in [0.717, 1.165) is 24.1 Å². The zero-order valence-corrected chi connectivity index (χ0v) is 15.1. The average molecular weight is 354 g/mol. The molecule has 1 saturated heterocycles. The van der Waals surface area contributed by atoms with Crippen LogP contribution in [0.1, 0.15) is 17.5 Å². The standard InChI is InChI=1S/C21H26N2O3/c1-23(16-25-20(24)14-22)15-19-12-13-26-21(19,17-8-4-2-5-9-17)18-10-6-3-7-11-18/h2-11,19H,12-16,22H2,1H3. The van der Waals surface area contributed by atoms with E-state index in [1.165, 1.54) is 0 Å². The highest BCUT2D eigenvalue weighted by molar-refractivity contribution is 5.71. The zero-order valence-electron chi connectivity index (χ0n) is 15.1. The van der Waals surface area contributed by atoms with Crippen LogP contribution in [-0.2, 0) is 19.9 Å². The van der Waals surface area contributed by atoms with Gasteiger partial charge < -0.3 is 15.2 Å². The fourth-order valence-electron chi connectivity index (χ4n) is 3.75. The number of ether oxygens (including phenoxy) is 2. The molecule has 1 fully saturated rings. The van der Waals surface area contributed by atoms with Crippen molar-refractivity contribution in [1.82, 2.24) is 4.90 Å². The van der Waals surface area contributed by atoms with Gasteiger partial charge in [0.15, 0.2) is 0 Å². The third-order valence-corrected chi connectivity index (χ3v) is 4.92. The van der Waals surface area contributed by atoms with Gasteiger partial charge in [0.05, 0.1) is 6.54 Å². The van der Waals surface area contributed by atoms with Crippen molar-refractivity contribution in [1.29, 1.82) is 0 Å². The summed E-state index contributed by atoms with van der Waals surface area (Å²) in [5, 5.41) is 0. The lowest BCUT2D eigenvalue weighted by Gasteiger charge is -2.37. The molecule has 1 atom stereocenters. The van der Waals surface area contributed by atoms with Gasteiger partial charge in [0.1, 0.15) is 12.3 Å². The Morgan fingerprint density at radius 1 is 1.15 bits per heavy atom. The van der Waals surface area contributed by atoms with Gasteiger partial charge in [0, 0.05) is 19.1 Å². The van der Waals surface area contributed by atoms with Gasteiger partial charge in [-0.25, -0.2) is 0 Å². The molecule has 138 valence electrons. The summed E-state index contributed by atoms with van der Waals surface area (Å²) in [5.41, 5.74) is 7.12. The van der Waals surface area contributed by atoms with Crippen molar-refractivity contribution in [2.75, 3.05) is 33.5 Å². The molecule has 0 amide bonds. The summed E-state index contributed by atoms with van der Waals surface area (Å²) in [4.78, 5) is 13.3.